The summed E-state index contributed by atoms with van der Waals surface area (Å²) in [6.07, 6.45) is 1.52. The van der Waals surface area contributed by atoms with Crippen molar-refractivity contribution in [2.24, 2.45) is 5.92 Å². The summed E-state index contributed by atoms with van der Waals surface area (Å²) in [6.45, 7) is 1.71. The van der Waals surface area contributed by atoms with Gasteiger partial charge in [-0.15, -0.1) is 0 Å². The summed E-state index contributed by atoms with van der Waals surface area (Å²) in [7, 11) is 0. The summed E-state index contributed by atoms with van der Waals surface area (Å²) in [6, 6.07) is 11.1. The van der Waals surface area contributed by atoms with Crippen LogP contribution in [0.15, 0.2) is 47.0 Å². The van der Waals surface area contributed by atoms with E-state index in [0.717, 1.165) is 18.5 Å². The van der Waals surface area contributed by atoms with Gasteiger partial charge in [0.05, 0.1) is 28.1 Å². The van der Waals surface area contributed by atoms with Crippen LogP contribution in [0.1, 0.15) is 18.7 Å². The fraction of sp³-hybridized carbons (Fsp3) is 0.286. The number of halogens is 2. The average Bonchev–Trinajstić information content (AvgIpc) is 3.24. The van der Waals surface area contributed by atoms with Crippen LogP contribution in [0.3, 0.4) is 0 Å². The Morgan fingerprint density at radius 2 is 2.03 bits per heavy atom. The highest BCUT2D eigenvalue weighted by molar-refractivity contribution is 6.33. The summed E-state index contributed by atoms with van der Waals surface area (Å²) in [4.78, 5) is 29.8. The van der Waals surface area contributed by atoms with Crippen molar-refractivity contribution in [2.75, 3.05) is 18.4 Å². The van der Waals surface area contributed by atoms with E-state index in [1.165, 1.54) is 18.2 Å². The van der Waals surface area contributed by atoms with Gasteiger partial charge in [0.1, 0.15) is 0 Å². The van der Waals surface area contributed by atoms with Crippen molar-refractivity contribution in [1.29, 1.82) is 0 Å². The molecule has 9 nitrogen and oxygen atoms in total. The number of hydrogen-bond donors (Lipinski definition) is 1. The Balaban J connectivity index is 1.38. The highest BCUT2D eigenvalue weighted by Crippen LogP contribution is 2.28. The fourth-order valence-electron chi connectivity index (χ4n) is 3.60. The Kier molecular flexibility index (Phi) is 6.69. The Bertz CT molecular complexity index is 1140. The van der Waals surface area contributed by atoms with Crippen LogP contribution in [-0.2, 0) is 11.3 Å². The van der Waals surface area contributed by atoms with Crippen LogP contribution >= 0.6 is 23.2 Å². The number of likely N-dealkylation sites (tertiary alicyclic amines) is 1. The second-order valence-corrected chi connectivity index (χ2v) is 8.35. The average molecular weight is 476 g/mol. The van der Waals surface area contributed by atoms with Gasteiger partial charge in [-0.2, -0.15) is 4.98 Å². The van der Waals surface area contributed by atoms with Crippen LogP contribution < -0.4 is 5.32 Å². The number of hydrogen-bond acceptors (Lipinski definition) is 7. The molecule has 1 saturated heterocycles. The molecule has 1 amide bonds. The number of piperidine rings is 1. The maximum Gasteiger partial charge on any atom is 0.271 e. The van der Waals surface area contributed by atoms with Crippen molar-refractivity contribution < 1.29 is 14.2 Å². The van der Waals surface area contributed by atoms with Crippen molar-refractivity contribution in [2.45, 2.75) is 19.4 Å². The van der Waals surface area contributed by atoms with Crippen molar-refractivity contribution >= 4 is 40.5 Å². The van der Waals surface area contributed by atoms with Crippen molar-refractivity contribution in [3.63, 3.8) is 0 Å². The lowest BCUT2D eigenvalue weighted by Gasteiger charge is -2.30. The third-order valence-corrected chi connectivity index (χ3v) is 5.81. The standard InChI is InChI=1S/C21H19Cl2N5O4/c22-15-5-3-13(4-6-15)20-25-19(32-26-20)12-27-9-1-2-14(11-27)21(29)24-18-10-16(28(30)31)7-8-17(18)23/h3-8,10,14H,1-2,9,11-12H2,(H,24,29). The number of amides is 1. The minimum absolute atomic E-state index is 0.136. The van der Waals surface area contributed by atoms with Gasteiger partial charge in [-0.3, -0.25) is 19.8 Å². The van der Waals surface area contributed by atoms with Gasteiger partial charge in [-0.1, -0.05) is 28.4 Å². The molecule has 2 heterocycles. The molecule has 0 bridgehead atoms. The molecule has 0 aliphatic carbocycles. The lowest BCUT2D eigenvalue weighted by atomic mass is 9.97. The van der Waals surface area contributed by atoms with E-state index in [4.69, 9.17) is 27.7 Å². The molecule has 0 radical (unpaired) electrons. The van der Waals surface area contributed by atoms with Crippen LogP contribution in [0.4, 0.5) is 11.4 Å². The van der Waals surface area contributed by atoms with Crippen LogP contribution in [0.25, 0.3) is 11.4 Å². The maximum atomic E-state index is 12.8. The van der Waals surface area contributed by atoms with Gasteiger partial charge in [0.15, 0.2) is 0 Å². The Morgan fingerprint density at radius 3 is 2.78 bits per heavy atom. The van der Waals surface area contributed by atoms with Crippen LogP contribution in [0.2, 0.25) is 10.0 Å². The predicted octanol–water partition coefficient (Wildman–Crippen LogP) is 4.80. The number of aromatic nitrogens is 2. The number of carbonyl (C=O) groups excluding carboxylic acids is 1. The number of nitro groups is 1. The first-order valence-electron chi connectivity index (χ1n) is 9.95. The summed E-state index contributed by atoms with van der Waals surface area (Å²) >= 11 is 12.0. The van der Waals surface area contributed by atoms with Crippen LogP contribution in [-0.4, -0.2) is 39.0 Å². The molecule has 11 heteroatoms. The molecule has 4 rings (SSSR count). The van der Waals surface area contributed by atoms with E-state index in [0.29, 0.717) is 36.2 Å². The van der Waals surface area contributed by atoms with E-state index in [2.05, 4.69) is 20.4 Å². The molecule has 1 aliphatic heterocycles. The van der Waals surface area contributed by atoms with E-state index < -0.39 is 4.92 Å². The molecule has 1 atom stereocenters. The Morgan fingerprint density at radius 1 is 1.25 bits per heavy atom. The van der Waals surface area contributed by atoms with E-state index in [1.807, 2.05) is 12.1 Å². The normalized spacial score (nSPS) is 16.6. The lowest BCUT2D eigenvalue weighted by molar-refractivity contribution is -0.384. The quantitative estimate of drug-likeness (QED) is 0.401. The van der Waals surface area contributed by atoms with Gasteiger partial charge >= 0.3 is 0 Å². The summed E-state index contributed by atoms with van der Waals surface area (Å²) in [5.41, 5.74) is 0.893. The second kappa shape index (κ2) is 9.64. The van der Waals surface area contributed by atoms with Gasteiger partial charge in [-0.05, 0) is 49.7 Å². The number of rotatable bonds is 6. The highest BCUT2D eigenvalue weighted by Gasteiger charge is 2.27. The Labute approximate surface area is 193 Å². The molecule has 2 aromatic carbocycles. The molecule has 1 N–H and O–H groups in total. The predicted molar refractivity (Wildman–Crippen MR) is 119 cm³/mol. The number of anilines is 1. The van der Waals surface area contributed by atoms with Gasteiger partial charge in [0.25, 0.3) is 5.69 Å². The molecule has 1 aliphatic rings. The maximum absolute atomic E-state index is 12.8. The van der Waals surface area contributed by atoms with E-state index >= 15 is 0 Å². The summed E-state index contributed by atoms with van der Waals surface area (Å²) < 4.78 is 5.38. The number of nitrogens with zero attached hydrogens (tertiary/aromatic N) is 4. The SMILES string of the molecule is O=C(Nc1cc([N+](=O)[O-])ccc1Cl)C1CCCN(Cc2nc(-c3ccc(Cl)cc3)no2)C1. The van der Waals surface area contributed by atoms with Crippen LogP contribution in [0.5, 0.6) is 0 Å². The summed E-state index contributed by atoms with van der Waals surface area (Å²) in [5, 5.41) is 18.6. The molecule has 1 unspecified atom stereocenters. The topological polar surface area (TPSA) is 114 Å². The second-order valence-electron chi connectivity index (χ2n) is 7.50. The molecule has 1 aromatic heterocycles. The van der Waals surface area contributed by atoms with Gasteiger partial charge < -0.3 is 9.84 Å². The molecule has 0 saturated carbocycles. The molecular formula is C21H19Cl2N5O4. The number of nitrogens with one attached hydrogen (secondary N) is 1. The van der Waals surface area contributed by atoms with Crippen LogP contribution in [0, 0.1) is 16.0 Å². The molecule has 1 fully saturated rings. The number of nitro benzene ring substituents is 1. The first kappa shape index (κ1) is 22.2. The van der Waals surface area contributed by atoms with Gasteiger partial charge in [0, 0.05) is 29.3 Å². The molecule has 0 spiro atoms. The number of benzene rings is 2. The van der Waals surface area contributed by atoms with E-state index in [9.17, 15) is 14.9 Å². The van der Waals surface area contributed by atoms with E-state index in [1.54, 1.807) is 12.1 Å². The highest BCUT2D eigenvalue weighted by atomic mass is 35.5. The van der Waals surface area contributed by atoms with Crippen molar-refractivity contribution in [3.8, 4) is 11.4 Å². The monoisotopic (exact) mass is 475 g/mol. The summed E-state index contributed by atoms with van der Waals surface area (Å²) in [5.74, 6) is 0.406. The van der Waals surface area contributed by atoms with Gasteiger partial charge in [-0.25, -0.2) is 0 Å². The van der Waals surface area contributed by atoms with Crippen molar-refractivity contribution in [3.05, 3.63) is 68.5 Å². The molecule has 3 aromatic rings. The zero-order valence-corrected chi connectivity index (χ0v) is 18.3. The lowest BCUT2D eigenvalue weighted by Crippen LogP contribution is -2.40. The first-order valence-corrected chi connectivity index (χ1v) is 10.7. The molecule has 166 valence electrons. The fourth-order valence-corrected chi connectivity index (χ4v) is 3.89. The number of non-ortho nitro benzene ring substituents is 1. The van der Waals surface area contributed by atoms with Crippen molar-refractivity contribution in [1.82, 2.24) is 15.0 Å². The number of carbonyl (C=O) groups is 1. The molecular weight excluding hydrogens is 457 g/mol. The van der Waals surface area contributed by atoms with E-state index in [-0.39, 0.29) is 28.2 Å². The largest absolute Gasteiger partial charge is 0.338 e. The third-order valence-electron chi connectivity index (χ3n) is 5.22. The zero-order chi connectivity index (χ0) is 22.7. The minimum Gasteiger partial charge on any atom is -0.338 e. The third kappa shape index (κ3) is 5.24. The molecule has 32 heavy (non-hydrogen) atoms. The minimum atomic E-state index is -0.531. The first-order chi connectivity index (χ1) is 15.4. The smallest absolute Gasteiger partial charge is 0.271 e. The zero-order valence-electron chi connectivity index (χ0n) is 16.8. The van der Waals surface area contributed by atoms with Gasteiger partial charge in [0.2, 0.25) is 17.6 Å². The Hall–Kier alpha value is -3.01.